The molecule has 0 spiro atoms. The summed E-state index contributed by atoms with van der Waals surface area (Å²) in [6.07, 6.45) is 0. The maximum atomic E-state index is 3.63. The Morgan fingerprint density at radius 2 is 1.65 bits per heavy atom. The largest absolute Gasteiger partial charge is 0.135 e. The molecule has 0 aliphatic carbocycles. The Labute approximate surface area is 113 Å². The van der Waals surface area contributed by atoms with Crippen molar-refractivity contribution < 1.29 is 0 Å². The maximum absolute atomic E-state index is 3.63. The highest BCUT2D eigenvalue weighted by molar-refractivity contribution is 9.10. The van der Waals surface area contributed by atoms with Gasteiger partial charge in [-0.3, -0.25) is 0 Å². The molecule has 0 atom stereocenters. The fourth-order valence-corrected chi connectivity index (χ4v) is 3.94. The van der Waals surface area contributed by atoms with Crippen LogP contribution in [0.4, 0.5) is 0 Å². The van der Waals surface area contributed by atoms with Crippen LogP contribution in [0.5, 0.6) is 0 Å². The highest BCUT2D eigenvalue weighted by Gasteiger charge is 2.11. The Hall–Kier alpha value is -1.12. The van der Waals surface area contributed by atoms with E-state index in [1.807, 2.05) is 11.3 Å². The van der Waals surface area contributed by atoms with Gasteiger partial charge in [-0.1, -0.05) is 52.3 Å². The van der Waals surface area contributed by atoms with Crippen LogP contribution in [-0.2, 0) is 0 Å². The van der Waals surface area contributed by atoms with E-state index in [4.69, 9.17) is 0 Å². The van der Waals surface area contributed by atoms with E-state index in [0.717, 1.165) is 4.47 Å². The van der Waals surface area contributed by atoms with Crippen molar-refractivity contribution >= 4 is 37.4 Å². The summed E-state index contributed by atoms with van der Waals surface area (Å²) < 4.78 is 2.52. The summed E-state index contributed by atoms with van der Waals surface area (Å²) in [5, 5.41) is 1.36. The van der Waals surface area contributed by atoms with Crippen LogP contribution in [0, 0.1) is 6.92 Å². The maximum Gasteiger partial charge on any atom is 0.0395 e. The van der Waals surface area contributed by atoms with Gasteiger partial charge in [0, 0.05) is 19.6 Å². The van der Waals surface area contributed by atoms with E-state index in [9.17, 15) is 0 Å². The molecule has 0 unspecified atom stereocenters. The van der Waals surface area contributed by atoms with E-state index in [2.05, 4.69) is 71.4 Å². The third-order valence-corrected chi connectivity index (χ3v) is 4.96. The van der Waals surface area contributed by atoms with Gasteiger partial charge in [-0.2, -0.15) is 0 Å². The predicted molar refractivity (Wildman–Crippen MR) is 79.7 cm³/mol. The van der Waals surface area contributed by atoms with E-state index in [0.29, 0.717) is 0 Å². The number of hydrogen-bond acceptors (Lipinski definition) is 1. The van der Waals surface area contributed by atoms with Gasteiger partial charge in [0.1, 0.15) is 0 Å². The van der Waals surface area contributed by atoms with Crippen molar-refractivity contribution in [1.82, 2.24) is 0 Å². The van der Waals surface area contributed by atoms with E-state index >= 15 is 0 Å². The molecule has 3 rings (SSSR count). The molecule has 2 aromatic carbocycles. The lowest BCUT2D eigenvalue weighted by atomic mass is 10.1. The lowest BCUT2D eigenvalue weighted by Crippen LogP contribution is -1.77. The molecule has 17 heavy (non-hydrogen) atoms. The summed E-state index contributed by atoms with van der Waals surface area (Å²) >= 11 is 5.49. The highest BCUT2D eigenvalue weighted by Crippen LogP contribution is 2.40. The lowest BCUT2D eigenvalue weighted by Gasteiger charge is -2.02. The molecule has 3 aromatic rings. The van der Waals surface area contributed by atoms with Crippen molar-refractivity contribution in [2.45, 2.75) is 6.92 Å². The molecule has 1 heterocycles. The first-order chi connectivity index (χ1) is 8.27. The van der Waals surface area contributed by atoms with Crippen LogP contribution < -0.4 is 0 Å². The molecule has 0 aliphatic heterocycles. The van der Waals surface area contributed by atoms with Crippen LogP contribution in [0.2, 0.25) is 0 Å². The molecule has 0 fully saturated rings. The fraction of sp³-hybridized carbons (Fsp3) is 0.0667. The van der Waals surface area contributed by atoms with E-state index in [1.54, 1.807) is 0 Å². The third-order valence-electron chi connectivity index (χ3n) is 2.96. The van der Waals surface area contributed by atoms with Crippen molar-refractivity contribution in [1.29, 1.82) is 0 Å². The SMILES string of the molecule is Cc1c(-c2ccccc2Br)sc2ccccc12. The lowest BCUT2D eigenvalue weighted by molar-refractivity contribution is 1.55. The van der Waals surface area contributed by atoms with Gasteiger partial charge in [-0.05, 0) is 30.0 Å². The van der Waals surface area contributed by atoms with Crippen LogP contribution in [-0.4, -0.2) is 0 Å². The summed E-state index contributed by atoms with van der Waals surface area (Å²) in [7, 11) is 0. The van der Waals surface area contributed by atoms with Gasteiger partial charge < -0.3 is 0 Å². The van der Waals surface area contributed by atoms with Gasteiger partial charge in [-0.25, -0.2) is 0 Å². The molecule has 0 N–H and O–H groups in total. The van der Waals surface area contributed by atoms with Crippen LogP contribution >= 0.6 is 27.3 Å². The van der Waals surface area contributed by atoms with Crippen molar-refractivity contribution in [2.75, 3.05) is 0 Å². The van der Waals surface area contributed by atoms with Crippen molar-refractivity contribution in [3.63, 3.8) is 0 Å². The normalized spacial score (nSPS) is 10.9. The molecule has 0 amide bonds. The van der Waals surface area contributed by atoms with Crippen LogP contribution in [0.15, 0.2) is 53.0 Å². The molecule has 84 valence electrons. The average molecular weight is 303 g/mol. The van der Waals surface area contributed by atoms with Gasteiger partial charge in [0.05, 0.1) is 0 Å². The zero-order chi connectivity index (χ0) is 11.8. The molecule has 0 saturated heterocycles. The number of rotatable bonds is 1. The zero-order valence-electron chi connectivity index (χ0n) is 9.41. The smallest absolute Gasteiger partial charge is 0.0395 e. The number of halogens is 1. The topological polar surface area (TPSA) is 0 Å². The van der Waals surface area contributed by atoms with Crippen molar-refractivity contribution in [3.05, 3.63) is 58.6 Å². The van der Waals surface area contributed by atoms with E-state index < -0.39 is 0 Å². The first-order valence-corrected chi connectivity index (χ1v) is 7.11. The number of hydrogen-bond donors (Lipinski definition) is 0. The van der Waals surface area contributed by atoms with Crippen LogP contribution in [0.3, 0.4) is 0 Å². The van der Waals surface area contributed by atoms with E-state index in [1.165, 1.54) is 26.1 Å². The van der Waals surface area contributed by atoms with Crippen LogP contribution in [0.1, 0.15) is 5.56 Å². The first-order valence-electron chi connectivity index (χ1n) is 5.50. The minimum absolute atomic E-state index is 1.16. The molecule has 1 aromatic heterocycles. The Balaban J connectivity index is 2.32. The Morgan fingerprint density at radius 3 is 2.41 bits per heavy atom. The average Bonchev–Trinajstić information content (AvgIpc) is 2.68. The second-order valence-electron chi connectivity index (χ2n) is 4.03. The number of benzene rings is 2. The van der Waals surface area contributed by atoms with E-state index in [-0.39, 0.29) is 0 Å². The van der Waals surface area contributed by atoms with Crippen LogP contribution in [0.25, 0.3) is 20.5 Å². The van der Waals surface area contributed by atoms with Gasteiger partial charge >= 0.3 is 0 Å². The number of aryl methyl sites for hydroxylation is 1. The predicted octanol–water partition coefficient (Wildman–Crippen LogP) is 5.64. The molecule has 0 nitrogen and oxygen atoms in total. The summed E-state index contributed by atoms with van der Waals surface area (Å²) in [4.78, 5) is 1.36. The summed E-state index contributed by atoms with van der Waals surface area (Å²) in [5.41, 5.74) is 2.66. The summed E-state index contributed by atoms with van der Waals surface area (Å²) in [6.45, 7) is 2.20. The quantitative estimate of drug-likeness (QED) is 0.546. The number of fused-ring (bicyclic) bond motifs is 1. The highest BCUT2D eigenvalue weighted by atomic mass is 79.9. The molecular formula is C15H11BrS. The minimum Gasteiger partial charge on any atom is -0.135 e. The first kappa shape index (κ1) is 11.0. The molecule has 0 aliphatic rings. The second-order valence-corrected chi connectivity index (χ2v) is 5.94. The molecule has 2 heteroatoms. The molecule has 0 radical (unpaired) electrons. The van der Waals surface area contributed by atoms with Gasteiger partial charge in [0.25, 0.3) is 0 Å². The van der Waals surface area contributed by atoms with Gasteiger partial charge in [-0.15, -0.1) is 11.3 Å². The third kappa shape index (κ3) is 1.81. The Morgan fingerprint density at radius 1 is 0.941 bits per heavy atom. The molecule has 0 saturated carbocycles. The summed E-state index contributed by atoms with van der Waals surface area (Å²) in [6, 6.07) is 17.0. The number of thiophene rings is 1. The summed E-state index contributed by atoms with van der Waals surface area (Å²) in [5.74, 6) is 0. The standard InChI is InChI=1S/C15H11BrS/c1-10-11-6-3-5-9-14(11)17-15(10)12-7-2-4-8-13(12)16/h2-9H,1H3. The van der Waals surface area contributed by atoms with Crippen molar-refractivity contribution in [2.24, 2.45) is 0 Å². The fourth-order valence-electron chi connectivity index (χ4n) is 2.08. The van der Waals surface area contributed by atoms with Gasteiger partial charge in [0.2, 0.25) is 0 Å². The van der Waals surface area contributed by atoms with Crippen molar-refractivity contribution in [3.8, 4) is 10.4 Å². The molecule has 0 bridgehead atoms. The monoisotopic (exact) mass is 302 g/mol. The second kappa shape index (κ2) is 4.28. The molecular weight excluding hydrogens is 292 g/mol. The Bertz CT molecular complexity index is 682. The zero-order valence-corrected chi connectivity index (χ0v) is 11.8. The minimum atomic E-state index is 1.16. The van der Waals surface area contributed by atoms with Gasteiger partial charge in [0.15, 0.2) is 0 Å². The Kier molecular flexibility index (Phi) is 2.77.